The first-order chi connectivity index (χ1) is 7.95. The molecule has 0 aromatic rings. The van der Waals surface area contributed by atoms with Gasteiger partial charge in [-0.3, -0.25) is 14.9 Å². The van der Waals surface area contributed by atoms with E-state index in [-0.39, 0.29) is 30.0 Å². The van der Waals surface area contributed by atoms with Crippen LogP contribution in [0.25, 0.3) is 0 Å². The van der Waals surface area contributed by atoms with E-state index < -0.39 is 0 Å². The lowest BCUT2D eigenvalue weighted by atomic mass is 10.1. The van der Waals surface area contributed by atoms with Crippen LogP contribution >= 0.6 is 0 Å². The van der Waals surface area contributed by atoms with Crippen LogP contribution in [-0.2, 0) is 14.3 Å². The van der Waals surface area contributed by atoms with Gasteiger partial charge in [0, 0.05) is 6.04 Å². The van der Waals surface area contributed by atoms with Crippen molar-refractivity contribution in [2.75, 3.05) is 7.11 Å². The fourth-order valence-corrected chi connectivity index (χ4v) is 1.71. The van der Waals surface area contributed by atoms with Crippen LogP contribution in [-0.4, -0.2) is 37.1 Å². The van der Waals surface area contributed by atoms with Crippen LogP contribution in [0, 0.1) is 5.92 Å². The summed E-state index contributed by atoms with van der Waals surface area (Å²) < 4.78 is 4.74. The second kappa shape index (κ2) is 6.00. The number of esters is 1. The quantitative estimate of drug-likeness (QED) is 0.663. The van der Waals surface area contributed by atoms with E-state index in [0.29, 0.717) is 5.92 Å². The second-order valence-electron chi connectivity index (χ2n) is 4.89. The molecule has 2 unspecified atom stereocenters. The molecule has 1 aliphatic carbocycles. The van der Waals surface area contributed by atoms with E-state index in [0.717, 1.165) is 12.8 Å². The van der Waals surface area contributed by atoms with Crippen LogP contribution in [0.15, 0.2) is 0 Å². The molecule has 5 nitrogen and oxygen atoms in total. The topological polar surface area (TPSA) is 67.4 Å². The van der Waals surface area contributed by atoms with Gasteiger partial charge >= 0.3 is 5.97 Å². The molecule has 0 aliphatic heterocycles. The number of amides is 1. The zero-order chi connectivity index (χ0) is 13.0. The van der Waals surface area contributed by atoms with E-state index in [2.05, 4.69) is 10.6 Å². The van der Waals surface area contributed by atoms with Gasteiger partial charge in [-0.05, 0) is 39.5 Å². The van der Waals surface area contributed by atoms with Crippen molar-refractivity contribution in [1.82, 2.24) is 10.6 Å². The minimum atomic E-state index is -0.387. The molecule has 1 saturated carbocycles. The molecule has 1 rings (SSSR count). The van der Waals surface area contributed by atoms with Crippen molar-refractivity contribution < 1.29 is 14.3 Å². The highest BCUT2D eigenvalue weighted by Gasteiger charge is 2.38. The molecular formula is C12H22N2O3. The van der Waals surface area contributed by atoms with Gasteiger partial charge in [-0.15, -0.1) is 0 Å². The molecule has 98 valence electrons. The highest BCUT2D eigenvalue weighted by Crippen LogP contribution is 2.33. The first-order valence-electron chi connectivity index (χ1n) is 6.10. The van der Waals surface area contributed by atoms with Crippen molar-refractivity contribution >= 4 is 11.9 Å². The summed E-state index contributed by atoms with van der Waals surface area (Å²) >= 11 is 0. The van der Waals surface area contributed by atoms with E-state index in [1.54, 1.807) is 6.92 Å². The number of rotatable bonds is 6. The molecular weight excluding hydrogens is 220 g/mol. The van der Waals surface area contributed by atoms with E-state index >= 15 is 0 Å². The smallest absolute Gasteiger partial charge is 0.323 e. The molecule has 17 heavy (non-hydrogen) atoms. The zero-order valence-electron chi connectivity index (χ0n) is 10.9. The van der Waals surface area contributed by atoms with Gasteiger partial charge in [0.25, 0.3) is 0 Å². The summed E-state index contributed by atoms with van der Waals surface area (Å²) in [5, 5.41) is 5.86. The van der Waals surface area contributed by atoms with Gasteiger partial charge in [-0.2, -0.15) is 0 Å². The van der Waals surface area contributed by atoms with Gasteiger partial charge in [0.15, 0.2) is 0 Å². The Morgan fingerprint density at radius 3 is 2.24 bits per heavy atom. The molecule has 1 fully saturated rings. The third kappa shape index (κ3) is 4.34. The van der Waals surface area contributed by atoms with Gasteiger partial charge in [0.2, 0.25) is 5.91 Å². The lowest BCUT2D eigenvalue weighted by Gasteiger charge is -2.21. The van der Waals surface area contributed by atoms with E-state index in [1.165, 1.54) is 7.11 Å². The predicted molar refractivity (Wildman–Crippen MR) is 64.4 cm³/mol. The predicted octanol–water partition coefficient (Wildman–Crippen LogP) is 0.441. The van der Waals surface area contributed by atoms with Crippen LogP contribution in [0.1, 0.15) is 33.6 Å². The third-order valence-corrected chi connectivity index (χ3v) is 2.80. The molecule has 2 N–H and O–H groups in total. The molecule has 0 aromatic carbocycles. The van der Waals surface area contributed by atoms with E-state index in [9.17, 15) is 9.59 Å². The Labute approximate surface area is 102 Å². The summed E-state index contributed by atoms with van der Waals surface area (Å²) in [5.41, 5.74) is 0. The van der Waals surface area contributed by atoms with Crippen LogP contribution < -0.4 is 10.6 Å². The number of nitrogens with one attached hydrogen (secondary N) is 2. The highest BCUT2D eigenvalue weighted by atomic mass is 16.5. The van der Waals surface area contributed by atoms with Crippen LogP contribution in [0.4, 0.5) is 0 Å². The maximum Gasteiger partial charge on any atom is 0.323 e. The van der Waals surface area contributed by atoms with Crippen molar-refractivity contribution in [2.45, 2.75) is 51.7 Å². The Morgan fingerprint density at radius 1 is 1.24 bits per heavy atom. The molecule has 0 saturated heterocycles. The summed E-state index contributed by atoms with van der Waals surface area (Å²) in [6, 6.07) is -0.640. The largest absolute Gasteiger partial charge is 0.468 e. The number of carbonyl (C=O) groups is 2. The maximum absolute atomic E-state index is 11.7. The Hall–Kier alpha value is -1.10. The lowest BCUT2D eigenvalue weighted by Crippen LogP contribution is -2.51. The number of hydrogen-bond donors (Lipinski definition) is 2. The molecule has 2 atom stereocenters. The molecule has 5 heteroatoms. The second-order valence-corrected chi connectivity index (χ2v) is 4.89. The van der Waals surface area contributed by atoms with Crippen molar-refractivity contribution in [3.05, 3.63) is 0 Å². The first-order valence-corrected chi connectivity index (χ1v) is 6.10. The first kappa shape index (κ1) is 14.0. The monoisotopic (exact) mass is 242 g/mol. The van der Waals surface area contributed by atoms with E-state index in [4.69, 9.17) is 4.74 Å². The van der Waals surface area contributed by atoms with Gasteiger partial charge in [0.05, 0.1) is 13.2 Å². The number of carbonyl (C=O) groups excluding carboxylic acids is 2. The summed E-state index contributed by atoms with van der Waals surface area (Å²) in [7, 11) is 1.37. The molecule has 0 spiro atoms. The molecule has 0 radical (unpaired) electrons. The number of hydrogen-bond acceptors (Lipinski definition) is 4. The number of methoxy groups -OCH3 is 1. The third-order valence-electron chi connectivity index (χ3n) is 2.80. The van der Waals surface area contributed by atoms with Crippen molar-refractivity contribution in [3.8, 4) is 0 Å². The van der Waals surface area contributed by atoms with Gasteiger partial charge < -0.3 is 10.1 Å². The minimum absolute atomic E-state index is 0.0884. The van der Waals surface area contributed by atoms with Crippen molar-refractivity contribution in [3.63, 3.8) is 0 Å². The van der Waals surface area contributed by atoms with Crippen molar-refractivity contribution in [2.24, 2.45) is 5.92 Å². The maximum atomic E-state index is 11.7. The average molecular weight is 242 g/mol. The van der Waals surface area contributed by atoms with Crippen LogP contribution in [0.2, 0.25) is 0 Å². The SMILES string of the molecule is COC(=O)C(NC(C)C(=O)NC(C)C)C1CC1. The zero-order valence-corrected chi connectivity index (χ0v) is 10.9. The van der Waals surface area contributed by atoms with Gasteiger partial charge in [-0.25, -0.2) is 0 Å². The molecule has 1 amide bonds. The standard InChI is InChI=1S/C12H22N2O3/c1-7(2)13-11(15)8(3)14-10(9-5-6-9)12(16)17-4/h7-10,14H,5-6H2,1-4H3,(H,13,15). The Kier molecular flexibility index (Phi) is 4.93. The molecule has 0 bridgehead atoms. The van der Waals surface area contributed by atoms with Gasteiger partial charge in [-0.1, -0.05) is 0 Å². The molecule has 0 heterocycles. The minimum Gasteiger partial charge on any atom is -0.468 e. The average Bonchev–Trinajstić information content (AvgIpc) is 3.07. The fraction of sp³-hybridized carbons (Fsp3) is 0.833. The number of ether oxygens (including phenoxy) is 1. The lowest BCUT2D eigenvalue weighted by molar-refractivity contribution is -0.144. The molecule has 1 aliphatic rings. The highest BCUT2D eigenvalue weighted by molar-refractivity contribution is 5.83. The summed E-state index contributed by atoms with van der Waals surface area (Å²) in [4.78, 5) is 23.3. The van der Waals surface area contributed by atoms with Gasteiger partial charge in [0.1, 0.15) is 6.04 Å². The van der Waals surface area contributed by atoms with E-state index in [1.807, 2.05) is 13.8 Å². The molecule has 0 aromatic heterocycles. The van der Waals surface area contributed by atoms with Crippen LogP contribution in [0.5, 0.6) is 0 Å². The van der Waals surface area contributed by atoms with Crippen molar-refractivity contribution in [1.29, 1.82) is 0 Å². The Morgan fingerprint density at radius 2 is 1.82 bits per heavy atom. The summed E-state index contributed by atoms with van der Waals surface area (Å²) in [6.07, 6.45) is 2.04. The summed E-state index contributed by atoms with van der Waals surface area (Å²) in [6.45, 7) is 5.57. The summed E-state index contributed by atoms with van der Waals surface area (Å²) in [5.74, 6) is -0.0528. The van der Waals surface area contributed by atoms with Crippen LogP contribution in [0.3, 0.4) is 0 Å². The normalized spacial score (nSPS) is 18.6. The Bertz CT molecular complexity index is 287. The fourth-order valence-electron chi connectivity index (χ4n) is 1.71. The Balaban J connectivity index is 2.49.